The summed E-state index contributed by atoms with van der Waals surface area (Å²) in [6, 6.07) is 15.5. The number of anilines is 1. The van der Waals surface area contributed by atoms with Gasteiger partial charge in [0.2, 0.25) is 5.89 Å². The molecule has 1 amide bonds. The van der Waals surface area contributed by atoms with Crippen molar-refractivity contribution < 1.29 is 23.8 Å². The lowest BCUT2D eigenvalue weighted by Crippen LogP contribution is -2.34. The summed E-state index contributed by atoms with van der Waals surface area (Å²) in [5.41, 5.74) is 3.81. The van der Waals surface area contributed by atoms with E-state index in [2.05, 4.69) is 22.5 Å². The summed E-state index contributed by atoms with van der Waals surface area (Å²) >= 11 is 5.25. The number of hydrogen-bond acceptors (Lipinski definition) is 7. The molecule has 34 heavy (non-hydrogen) atoms. The largest absolute Gasteiger partial charge is 0.507 e. The number of nitrogens with zero attached hydrogens (tertiary/aromatic N) is 1. The molecule has 0 aliphatic rings. The minimum absolute atomic E-state index is 0.0405. The summed E-state index contributed by atoms with van der Waals surface area (Å²) in [4.78, 5) is 17.0. The van der Waals surface area contributed by atoms with Crippen LogP contribution in [0.1, 0.15) is 22.8 Å². The van der Waals surface area contributed by atoms with E-state index < -0.39 is 5.91 Å². The molecule has 4 aromatic rings. The van der Waals surface area contributed by atoms with Crippen molar-refractivity contribution in [2.75, 3.05) is 19.5 Å². The number of phenols is 1. The number of benzene rings is 3. The molecule has 9 heteroatoms. The van der Waals surface area contributed by atoms with Crippen molar-refractivity contribution in [3.8, 4) is 28.7 Å². The fraction of sp³-hybridized carbons (Fsp3) is 0.160. The topological polar surface area (TPSA) is 106 Å². The SMILES string of the molecule is CCc1ccc2oc(-c3ccc(NC(=S)NC(=O)c4ccc(OC)c(OC)c4)cc3O)nc2c1. The first-order valence-electron chi connectivity index (χ1n) is 10.5. The Morgan fingerprint density at radius 1 is 1.06 bits per heavy atom. The molecule has 0 atom stereocenters. The number of aryl methyl sites for hydroxylation is 1. The summed E-state index contributed by atoms with van der Waals surface area (Å²) in [5, 5.41) is 16.1. The minimum atomic E-state index is -0.419. The van der Waals surface area contributed by atoms with Gasteiger partial charge >= 0.3 is 0 Å². The third kappa shape index (κ3) is 4.79. The van der Waals surface area contributed by atoms with Gasteiger partial charge in [0.25, 0.3) is 5.91 Å². The lowest BCUT2D eigenvalue weighted by molar-refractivity contribution is 0.0977. The molecule has 3 aromatic carbocycles. The van der Waals surface area contributed by atoms with Crippen LogP contribution >= 0.6 is 12.2 Å². The summed E-state index contributed by atoms with van der Waals surface area (Å²) in [6.45, 7) is 2.07. The number of aromatic nitrogens is 1. The number of carbonyl (C=O) groups excluding carboxylic acids is 1. The van der Waals surface area contributed by atoms with Crippen LogP contribution in [0.15, 0.2) is 59.0 Å². The monoisotopic (exact) mass is 477 g/mol. The predicted molar refractivity (Wildman–Crippen MR) is 134 cm³/mol. The Kier molecular flexibility index (Phi) is 6.65. The maximum absolute atomic E-state index is 12.5. The highest BCUT2D eigenvalue weighted by Gasteiger charge is 2.15. The Labute approximate surface area is 201 Å². The fourth-order valence-corrected chi connectivity index (χ4v) is 3.62. The number of thiocarbonyl (C=S) groups is 1. The van der Waals surface area contributed by atoms with Gasteiger partial charge in [-0.15, -0.1) is 0 Å². The number of rotatable bonds is 6. The van der Waals surface area contributed by atoms with Crippen LogP contribution in [-0.2, 0) is 6.42 Å². The van der Waals surface area contributed by atoms with Gasteiger partial charge in [0, 0.05) is 17.3 Å². The molecule has 1 aromatic heterocycles. The molecule has 1 heterocycles. The van der Waals surface area contributed by atoms with Crippen LogP contribution < -0.4 is 20.1 Å². The molecule has 0 fully saturated rings. The average Bonchev–Trinajstić information content (AvgIpc) is 3.26. The van der Waals surface area contributed by atoms with Crippen molar-refractivity contribution in [1.29, 1.82) is 0 Å². The summed E-state index contributed by atoms with van der Waals surface area (Å²) in [7, 11) is 3.01. The zero-order valence-corrected chi connectivity index (χ0v) is 19.7. The van der Waals surface area contributed by atoms with Gasteiger partial charge in [-0.2, -0.15) is 0 Å². The molecule has 0 radical (unpaired) electrons. The standard InChI is InChI=1S/C25H23N3O5S/c1-4-14-5-9-20-18(11-14)27-24(33-20)17-8-7-16(13-19(17)29)26-25(34)28-23(30)15-6-10-21(31-2)22(12-15)32-3/h5-13,29H,4H2,1-3H3,(H2,26,28,30,34). The van der Waals surface area contributed by atoms with Gasteiger partial charge in [-0.25, -0.2) is 4.98 Å². The minimum Gasteiger partial charge on any atom is -0.507 e. The third-order valence-electron chi connectivity index (χ3n) is 5.22. The Bertz CT molecular complexity index is 1380. The van der Waals surface area contributed by atoms with E-state index in [1.807, 2.05) is 18.2 Å². The van der Waals surface area contributed by atoms with Crippen LogP contribution in [0, 0.1) is 0 Å². The second kappa shape index (κ2) is 9.80. The highest BCUT2D eigenvalue weighted by Crippen LogP contribution is 2.33. The molecular weight excluding hydrogens is 454 g/mol. The van der Waals surface area contributed by atoms with Crippen LogP contribution in [0.25, 0.3) is 22.6 Å². The highest BCUT2D eigenvalue weighted by atomic mass is 32.1. The number of aromatic hydroxyl groups is 1. The van der Waals surface area contributed by atoms with Crippen molar-refractivity contribution in [3.05, 3.63) is 65.7 Å². The molecule has 0 saturated carbocycles. The van der Waals surface area contributed by atoms with Crippen molar-refractivity contribution in [1.82, 2.24) is 10.3 Å². The number of nitrogens with one attached hydrogen (secondary N) is 2. The maximum atomic E-state index is 12.5. The molecule has 0 saturated heterocycles. The van der Waals surface area contributed by atoms with Gasteiger partial charge in [-0.05, 0) is 66.7 Å². The van der Waals surface area contributed by atoms with Gasteiger partial charge in [-0.3, -0.25) is 10.1 Å². The number of amides is 1. The zero-order chi connectivity index (χ0) is 24.2. The first kappa shape index (κ1) is 23.1. The van der Waals surface area contributed by atoms with Gasteiger partial charge in [0.05, 0.1) is 19.8 Å². The van der Waals surface area contributed by atoms with Gasteiger partial charge in [-0.1, -0.05) is 13.0 Å². The van der Waals surface area contributed by atoms with Crippen molar-refractivity contribution in [2.45, 2.75) is 13.3 Å². The fourth-order valence-electron chi connectivity index (χ4n) is 3.41. The van der Waals surface area contributed by atoms with Crippen LogP contribution in [0.2, 0.25) is 0 Å². The van der Waals surface area contributed by atoms with E-state index in [1.165, 1.54) is 20.3 Å². The van der Waals surface area contributed by atoms with E-state index in [4.69, 9.17) is 26.1 Å². The lowest BCUT2D eigenvalue weighted by atomic mass is 10.1. The zero-order valence-electron chi connectivity index (χ0n) is 18.8. The van der Waals surface area contributed by atoms with Crippen LogP contribution in [0.3, 0.4) is 0 Å². The number of fused-ring (bicyclic) bond motifs is 1. The number of phenolic OH excluding ortho intramolecular Hbond substituents is 1. The molecule has 0 aliphatic carbocycles. The third-order valence-corrected chi connectivity index (χ3v) is 5.42. The molecule has 3 N–H and O–H groups in total. The second-order valence-electron chi connectivity index (χ2n) is 7.38. The molecule has 8 nitrogen and oxygen atoms in total. The van der Waals surface area contributed by atoms with Crippen molar-refractivity contribution in [3.63, 3.8) is 0 Å². The second-order valence-corrected chi connectivity index (χ2v) is 7.79. The molecule has 0 bridgehead atoms. The summed E-state index contributed by atoms with van der Waals surface area (Å²) in [5.74, 6) is 0.801. The van der Waals surface area contributed by atoms with Crippen molar-refractivity contribution >= 4 is 40.0 Å². The normalized spacial score (nSPS) is 10.7. The highest BCUT2D eigenvalue weighted by molar-refractivity contribution is 7.80. The van der Waals surface area contributed by atoms with E-state index in [-0.39, 0.29) is 10.9 Å². The number of methoxy groups -OCH3 is 2. The molecule has 0 spiro atoms. The smallest absolute Gasteiger partial charge is 0.257 e. The van der Waals surface area contributed by atoms with E-state index in [9.17, 15) is 9.90 Å². The molecule has 0 unspecified atom stereocenters. The molecule has 174 valence electrons. The Hall–Kier alpha value is -4.11. The first-order chi connectivity index (χ1) is 16.4. The maximum Gasteiger partial charge on any atom is 0.257 e. The number of hydrogen-bond donors (Lipinski definition) is 3. The molecular formula is C25H23N3O5S. The molecule has 4 rings (SSSR count). The Morgan fingerprint density at radius 3 is 2.56 bits per heavy atom. The Balaban J connectivity index is 1.46. The molecule has 0 aliphatic heterocycles. The van der Waals surface area contributed by atoms with Crippen LogP contribution in [0.4, 0.5) is 5.69 Å². The van der Waals surface area contributed by atoms with E-state index in [0.29, 0.717) is 39.8 Å². The van der Waals surface area contributed by atoms with E-state index in [0.717, 1.165) is 17.5 Å². The first-order valence-corrected chi connectivity index (χ1v) is 10.9. The van der Waals surface area contributed by atoms with E-state index in [1.54, 1.807) is 30.3 Å². The summed E-state index contributed by atoms with van der Waals surface area (Å²) in [6.07, 6.45) is 0.895. The van der Waals surface area contributed by atoms with Gasteiger partial charge in [0.1, 0.15) is 11.3 Å². The predicted octanol–water partition coefficient (Wildman–Crippen LogP) is 4.91. The quantitative estimate of drug-likeness (QED) is 0.337. The van der Waals surface area contributed by atoms with Crippen LogP contribution in [-0.4, -0.2) is 35.3 Å². The van der Waals surface area contributed by atoms with Crippen LogP contribution in [0.5, 0.6) is 17.2 Å². The Morgan fingerprint density at radius 2 is 1.85 bits per heavy atom. The number of carbonyl (C=O) groups is 1. The van der Waals surface area contributed by atoms with E-state index >= 15 is 0 Å². The number of ether oxygens (including phenoxy) is 2. The van der Waals surface area contributed by atoms with Gasteiger partial charge in [0.15, 0.2) is 22.2 Å². The van der Waals surface area contributed by atoms with Crippen molar-refractivity contribution in [2.24, 2.45) is 0 Å². The summed E-state index contributed by atoms with van der Waals surface area (Å²) < 4.78 is 16.2. The van der Waals surface area contributed by atoms with Gasteiger partial charge < -0.3 is 24.3 Å². The number of oxazole rings is 1. The lowest BCUT2D eigenvalue weighted by Gasteiger charge is -2.12. The average molecular weight is 478 g/mol.